The number of nitrogens with two attached hydrogens (primary N) is 1. The molecular formula is C9H17N3O2. The summed E-state index contributed by atoms with van der Waals surface area (Å²) < 4.78 is 0. The lowest BCUT2D eigenvalue weighted by Crippen LogP contribution is -2.39. The molecule has 0 bridgehead atoms. The van der Waals surface area contributed by atoms with E-state index in [-0.39, 0.29) is 17.9 Å². The van der Waals surface area contributed by atoms with Gasteiger partial charge in [0.1, 0.15) is 0 Å². The molecule has 0 spiro atoms. The van der Waals surface area contributed by atoms with Crippen molar-refractivity contribution in [1.82, 2.24) is 9.80 Å². The predicted molar refractivity (Wildman–Crippen MR) is 52.5 cm³/mol. The zero-order valence-electron chi connectivity index (χ0n) is 8.69. The summed E-state index contributed by atoms with van der Waals surface area (Å²) in [5, 5.41) is 0. The minimum absolute atomic E-state index is 0.0657. The van der Waals surface area contributed by atoms with E-state index < -0.39 is 0 Å². The Balaban J connectivity index is 2.41. The van der Waals surface area contributed by atoms with Crippen LogP contribution in [0, 0.1) is 0 Å². The Kier molecular flexibility index (Phi) is 3.46. The molecule has 1 fully saturated rings. The third-order valence-electron chi connectivity index (χ3n) is 2.67. The summed E-state index contributed by atoms with van der Waals surface area (Å²) in [4.78, 5) is 25.4. The Labute approximate surface area is 83.8 Å². The molecule has 1 saturated heterocycles. The van der Waals surface area contributed by atoms with Crippen molar-refractivity contribution in [2.24, 2.45) is 5.73 Å². The van der Waals surface area contributed by atoms with E-state index in [9.17, 15) is 9.59 Å². The highest BCUT2D eigenvalue weighted by Gasteiger charge is 2.27. The first-order valence-electron chi connectivity index (χ1n) is 4.74. The van der Waals surface area contributed by atoms with Crippen LogP contribution in [0.3, 0.4) is 0 Å². The van der Waals surface area contributed by atoms with E-state index in [1.165, 1.54) is 0 Å². The molecule has 0 aromatic rings. The Morgan fingerprint density at radius 1 is 1.57 bits per heavy atom. The molecule has 1 aliphatic rings. The highest BCUT2D eigenvalue weighted by molar-refractivity contribution is 5.76. The molecule has 1 atom stereocenters. The van der Waals surface area contributed by atoms with Crippen molar-refractivity contribution in [2.75, 3.05) is 26.7 Å². The van der Waals surface area contributed by atoms with Crippen molar-refractivity contribution in [3.8, 4) is 0 Å². The van der Waals surface area contributed by atoms with Crippen molar-refractivity contribution in [3.05, 3.63) is 0 Å². The number of carbonyl (C=O) groups is 2. The minimum atomic E-state index is -0.309. The van der Waals surface area contributed by atoms with Crippen molar-refractivity contribution in [1.29, 1.82) is 0 Å². The van der Waals surface area contributed by atoms with Gasteiger partial charge < -0.3 is 10.6 Å². The normalized spacial score (nSPS) is 22.3. The number of hydrogen-bond acceptors (Lipinski definition) is 3. The fraction of sp³-hybridized carbons (Fsp3) is 0.778. The van der Waals surface area contributed by atoms with Crippen LogP contribution in [0.25, 0.3) is 0 Å². The number of carbonyl (C=O) groups excluding carboxylic acids is 2. The molecule has 1 rings (SSSR count). The van der Waals surface area contributed by atoms with Gasteiger partial charge in [-0.2, -0.15) is 0 Å². The number of likely N-dealkylation sites (N-methyl/N-ethyl adjacent to an activating group) is 1. The largest absolute Gasteiger partial charge is 0.369 e. The van der Waals surface area contributed by atoms with E-state index in [2.05, 4.69) is 0 Å². The average Bonchev–Trinajstić information content (AvgIpc) is 2.50. The van der Waals surface area contributed by atoms with Crippen LogP contribution in [0.4, 0.5) is 0 Å². The Bertz CT molecular complexity index is 242. The van der Waals surface area contributed by atoms with E-state index in [1.54, 1.807) is 18.9 Å². The van der Waals surface area contributed by atoms with E-state index in [4.69, 9.17) is 5.73 Å². The van der Waals surface area contributed by atoms with Crippen LogP contribution in [-0.4, -0.2) is 54.3 Å². The van der Waals surface area contributed by atoms with E-state index in [0.717, 1.165) is 19.5 Å². The van der Waals surface area contributed by atoms with Gasteiger partial charge in [0.15, 0.2) is 0 Å². The predicted octanol–water partition coefficient (Wildman–Crippen LogP) is -0.976. The fourth-order valence-corrected chi connectivity index (χ4v) is 1.75. The minimum Gasteiger partial charge on any atom is -0.369 e. The second kappa shape index (κ2) is 4.41. The number of nitrogens with zero attached hydrogens (tertiary/aromatic N) is 2. The SMILES string of the molecule is CC(=O)N(C)C1CCN(CC(N)=O)C1. The van der Waals surface area contributed by atoms with Crippen LogP contribution in [0.5, 0.6) is 0 Å². The quantitative estimate of drug-likeness (QED) is 0.635. The highest BCUT2D eigenvalue weighted by atomic mass is 16.2. The monoisotopic (exact) mass is 199 g/mol. The number of likely N-dealkylation sites (tertiary alicyclic amines) is 1. The molecule has 5 heteroatoms. The fourth-order valence-electron chi connectivity index (χ4n) is 1.75. The molecular weight excluding hydrogens is 182 g/mol. The van der Waals surface area contributed by atoms with Crippen LogP contribution in [0.1, 0.15) is 13.3 Å². The van der Waals surface area contributed by atoms with Crippen LogP contribution < -0.4 is 5.73 Å². The molecule has 1 aliphatic heterocycles. The van der Waals surface area contributed by atoms with Gasteiger partial charge in [0, 0.05) is 33.1 Å². The third kappa shape index (κ3) is 2.70. The lowest BCUT2D eigenvalue weighted by molar-refractivity contribution is -0.129. The van der Waals surface area contributed by atoms with Crippen molar-refractivity contribution in [3.63, 3.8) is 0 Å². The van der Waals surface area contributed by atoms with Crippen LogP contribution in [0.2, 0.25) is 0 Å². The van der Waals surface area contributed by atoms with E-state index in [1.807, 2.05) is 4.90 Å². The average molecular weight is 199 g/mol. The number of amides is 2. The first-order chi connectivity index (χ1) is 6.50. The number of primary amides is 1. The molecule has 0 aromatic carbocycles. The van der Waals surface area contributed by atoms with Gasteiger partial charge in [-0.05, 0) is 6.42 Å². The smallest absolute Gasteiger partial charge is 0.231 e. The molecule has 0 aliphatic carbocycles. The van der Waals surface area contributed by atoms with Crippen LogP contribution in [0.15, 0.2) is 0 Å². The molecule has 5 nitrogen and oxygen atoms in total. The van der Waals surface area contributed by atoms with Gasteiger partial charge in [0.05, 0.1) is 6.54 Å². The lowest BCUT2D eigenvalue weighted by Gasteiger charge is -2.23. The van der Waals surface area contributed by atoms with Gasteiger partial charge in [-0.25, -0.2) is 0 Å². The van der Waals surface area contributed by atoms with Crippen molar-refractivity contribution < 1.29 is 9.59 Å². The maximum Gasteiger partial charge on any atom is 0.231 e. The summed E-state index contributed by atoms with van der Waals surface area (Å²) in [6, 6.07) is 0.229. The summed E-state index contributed by atoms with van der Waals surface area (Å²) in [6.07, 6.45) is 0.920. The van der Waals surface area contributed by atoms with Gasteiger partial charge in [0.2, 0.25) is 11.8 Å². The summed E-state index contributed by atoms with van der Waals surface area (Å²) in [6.45, 7) is 3.43. The maximum atomic E-state index is 11.1. The van der Waals surface area contributed by atoms with Crippen molar-refractivity contribution >= 4 is 11.8 Å². The second-order valence-corrected chi connectivity index (χ2v) is 3.77. The molecule has 1 heterocycles. The maximum absolute atomic E-state index is 11.1. The third-order valence-corrected chi connectivity index (χ3v) is 2.67. The molecule has 0 aromatic heterocycles. The molecule has 2 amide bonds. The second-order valence-electron chi connectivity index (χ2n) is 3.77. The molecule has 2 N–H and O–H groups in total. The summed E-state index contributed by atoms with van der Waals surface area (Å²) >= 11 is 0. The van der Waals surface area contributed by atoms with E-state index in [0.29, 0.717) is 6.54 Å². The lowest BCUT2D eigenvalue weighted by atomic mass is 10.2. The Morgan fingerprint density at radius 2 is 2.21 bits per heavy atom. The van der Waals surface area contributed by atoms with Crippen molar-refractivity contribution in [2.45, 2.75) is 19.4 Å². The topological polar surface area (TPSA) is 66.6 Å². The van der Waals surface area contributed by atoms with Gasteiger partial charge in [-0.3, -0.25) is 14.5 Å². The summed E-state index contributed by atoms with van der Waals surface area (Å²) in [5.41, 5.74) is 5.09. The molecule has 1 unspecified atom stereocenters. The van der Waals surface area contributed by atoms with E-state index >= 15 is 0 Å². The van der Waals surface area contributed by atoms with Gasteiger partial charge >= 0.3 is 0 Å². The molecule has 0 saturated carbocycles. The van der Waals surface area contributed by atoms with Gasteiger partial charge in [-0.1, -0.05) is 0 Å². The van der Waals surface area contributed by atoms with Gasteiger partial charge in [0.25, 0.3) is 0 Å². The summed E-state index contributed by atoms with van der Waals surface area (Å²) in [5.74, 6) is -0.243. The first-order valence-corrected chi connectivity index (χ1v) is 4.74. The molecule has 80 valence electrons. The number of hydrogen-bond donors (Lipinski definition) is 1. The Morgan fingerprint density at radius 3 is 2.71 bits per heavy atom. The summed E-state index contributed by atoms with van der Waals surface area (Å²) in [7, 11) is 1.79. The van der Waals surface area contributed by atoms with Gasteiger partial charge in [-0.15, -0.1) is 0 Å². The highest BCUT2D eigenvalue weighted by Crippen LogP contribution is 2.13. The number of rotatable bonds is 3. The standard InChI is InChI=1S/C9H17N3O2/c1-7(13)11(2)8-3-4-12(5-8)6-9(10)14/h8H,3-6H2,1-2H3,(H2,10,14). The first kappa shape index (κ1) is 11.0. The van der Waals surface area contributed by atoms with Crippen LogP contribution >= 0.6 is 0 Å². The molecule has 14 heavy (non-hydrogen) atoms. The zero-order valence-corrected chi connectivity index (χ0v) is 8.69. The van der Waals surface area contributed by atoms with Crippen LogP contribution in [-0.2, 0) is 9.59 Å². The molecule has 0 radical (unpaired) electrons. The zero-order chi connectivity index (χ0) is 10.7. The Hall–Kier alpha value is -1.10.